The number of anilines is 2. The van der Waals surface area contributed by atoms with Crippen molar-refractivity contribution < 1.29 is 8.42 Å². The van der Waals surface area contributed by atoms with Gasteiger partial charge in [-0.15, -0.1) is 0 Å². The predicted octanol–water partition coefficient (Wildman–Crippen LogP) is 2.46. The number of aromatic nitrogens is 3. The van der Waals surface area contributed by atoms with Crippen LogP contribution in [-0.2, 0) is 16.6 Å². The van der Waals surface area contributed by atoms with Gasteiger partial charge in [0.25, 0.3) is 0 Å². The number of pyridine rings is 1. The van der Waals surface area contributed by atoms with Crippen molar-refractivity contribution in [3.05, 3.63) is 54.0 Å². The van der Waals surface area contributed by atoms with Gasteiger partial charge in [0, 0.05) is 57.4 Å². The molecule has 0 unspecified atom stereocenters. The lowest BCUT2D eigenvalue weighted by Gasteiger charge is -2.32. The summed E-state index contributed by atoms with van der Waals surface area (Å²) in [5.41, 5.74) is 3.31. The molecule has 3 aromatic rings. The average Bonchev–Trinajstić information content (AvgIpc) is 2.86. The summed E-state index contributed by atoms with van der Waals surface area (Å²) < 4.78 is 26.9. The van der Waals surface area contributed by atoms with Crippen molar-refractivity contribution in [2.24, 2.45) is 0 Å². The summed E-state index contributed by atoms with van der Waals surface area (Å²) in [5.74, 6) is 0.986. The molecule has 35 heavy (non-hydrogen) atoms. The largest absolute Gasteiger partial charge is 0.338 e. The predicted molar refractivity (Wildman–Crippen MR) is 141 cm³/mol. The summed E-state index contributed by atoms with van der Waals surface area (Å²) >= 11 is 0. The van der Waals surface area contributed by atoms with Crippen LogP contribution >= 0.6 is 0 Å². The lowest BCUT2D eigenvalue weighted by atomic mass is 10.1. The van der Waals surface area contributed by atoms with Crippen LogP contribution in [0, 0.1) is 0 Å². The van der Waals surface area contributed by atoms with Crippen LogP contribution in [0.25, 0.3) is 10.9 Å². The molecule has 1 aromatic carbocycles. The summed E-state index contributed by atoms with van der Waals surface area (Å²) in [4.78, 5) is 18.8. The molecule has 0 amide bonds. The highest BCUT2D eigenvalue weighted by atomic mass is 32.2. The van der Waals surface area contributed by atoms with Gasteiger partial charge in [-0.25, -0.2) is 18.4 Å². The number of likely N-dealkylation sites (N-methyl/N-ethyl adjacent to an activating group) is 1. The molecule has 188 valence electrons. The van der Waals surface area contributed by atoms with E-state index >= 15 is 0 Å². The van der Waals surface area contributed by atoms with Gasteiger partial charge < -0.3 is 15.1 Å². The smallest absolute Gasteiger partial charge is 0.236 e. The summed E-state index contributed by atoms with van der Waals surface area (Å²) in [6, 6.07) is 11.2. The maximum Gasteiger partial charge on any atom is 0.236 e. The van der Waals surface area contributed by atoms with Gasteiger partial charge >= 0.3 is 0 Å². The first-order valence-corrected chi connectivity index (χ1v) is 13.7. The number of sulfonamides is 1. The van der Waals surface area contributed by atoms with Crippen molar-refractivity contribution in [2.45, 2.75) is 26.3 Å². The number of piperazine rings is 1. The zero-order valence-corrected chi connectivity index (χ0v) is 21.8. The molecule has 10 heteroatoms. The van der Waals surface area contributed by atoms with Crippen LogP contribution in [0.2, 0.25) is 0 Å². The first-order valence-electron chi connectivity index (χ1n) is 12.1. The van der Waals surface area contributed by atoms with Crippen LogP contribution in [0.1, 0.15) is 31.2 Å². The Labute approximate surface area is 208 Å². The Hall–Kier alpha value is -2.82. The van der Waals surface area contributed by atoms with Gasteiger partial charge in [-0.1, -0.05) is 32.0 Å². The standard InChI is InChI=1S/C25H35N7O2S/c1-19(2)22-16-21-23(17-26-10-15-35(33,34)31(4)20-8-6-5-7-9-20)28-25(29-24(21)18-27-22)32-13-11-30(3)12-14-32/h5-9,16,18-19,26H,10-15,17H2,1-4H3. The van der Waals surface area contributed by atoms with Crippen LogP contribution in [-0.4, -0.2) is 80.8 Å². The van der Waals surface area contributed by atoms with Crippen molar-refractivity contribution in [3.63, 3.8) is 0 Å². The molecule has 1 saturated heterocycles. The van der Waals surface area contributed by atoms with E-state index in [2.05, 4.69) is 47.1 Å². The van der Waals surface area contributed by atoms with E-state index in [0.29, 0.717) is 24.7 Å². The van der Waals surface area contributed by atoms with E-state index < -0.39 is 10.0 Å². The molecule has 9 nitrogen and oxygen atoms in total. The normalized spacial score (nSPS) is 15.2. The van der Waals surface area contributed by atoms with Crippen molar-refractivity contribution in [1.29, 1.82) is 0 Å². The van der Waals surface area contributed by atoms with Crippen molar-refractivity contribution in [2.75, 3.05) is 61.8 Å². The molecule has 1 N–H and O–H groups in total. The highest BCUT2D eigenvalue weighted by molar-refractivity contribution is 7.92. The van der Waals surface area contributed by atoms with E-state index in [4.69, 9.17) is 9.97 Å². The lowest BCUT2D eigenvalue weighted by Crippen LogP contribution is -2.45. The Bertz CT molecular complexity index is 1240. The third-order valence-corrected chi connectivity index (χ3v) is 8.18. The Kier molecular flexibility index (Phi) is 7.83. The maximum absolute atomic E-state index is 12.8. The van der Waals surface area contributed by atoms with Crippen LogP contribution in [0.5, 0.6) is 0 Å². The molecule has 1 aliphatic rings. The fraction of sp³-hybridized carbons (Fsp3) is 0.480. The number of nitrogens with one attached hydrogen (secondary N) is 1. The zero-order chi connectivity index (χ0) is 25.0. The van der Waals surface area contributed by atoms with Gasteiger partial charge in [0.1, 0.15) is 0 Å². The lowest BCUT2D eigenvalue weighted by molar-refractivity contribution is 0.311. The second-order valence-corrected chi connectivity index (χ2v) is 11.5. The van der Waals surface area contributed by atoms with Gasteiger partial charge in [-0.3, -0.25) is 9.29 Å². The van der Waals surface area contributed by atoms with Gasteiger partial charge in [0.15, 0.2) is 0 Å². The van der Waals surface area contributed by atoms with Crippen molar-refractivity contribution in [3.8, 4) is 0 Å². The molecule has 0 spiro atoms. The molecule has 0 radical (unpaired) electrons. The van der Waals surface area contributed by atoms with Gasteiger partial charge in [-0.2, -0.15) is 0 Å². The molecule has 0 atom stereocenters. The van der Waals surface area contributed by atoms with E-state index in [9.17, 15) is 8.42 Å². The second kappa shape index (κ2) is 10.8. The second-order valence-electron chi connectivity index (χ2n) is 9.34. The molecule has 1 fully saturated rings. The highest BCUT2D eigenvalue weighted by Crippen LogP contribution is 2.23. The first kappa shape index (κ1) is 25.3. The van der Waals surface area contributed by atoms with E-state index in [1.807, 2.05) is 24.4 Å². The Morgan fingerprint density at radius 1 is 1.09 bits per heavy atom. The Morgan fingerprint density at radius 3 is 2.49 bits per heavy atom. The number of nitrogens with zero attached hydrogens (tertiary/aromatic N) is 6. The van der Waals surface area contributed by atoms with Crippen LogP contribution in [0.15, 0.2) is 42.6 Å². The average molecular weight is 498 g/mol. The van der Waals surface area contributed by atoms with Gasteiger partial charge in [0.2, 0.25) is 16.0 Å². The summed E-state index contributed by atoms with van der Waals surface area (Å²) in [7, 11) is 0.265. The number of fused-ring (bicyclic) bond motifs is 1. The molecule has 0 bridgehead atoms. The molecular weight excluding hydrogens is 462 g/mol. The number of hydrogen-bond acceptors (Lipinski definition) is 8. The third kappa shape index (κ3) is 6.06. The Morgan fingerprint density at radius 2 is 1.80 bits per heavy atom. The first-order chi connectivity index (χ1) is 16.7. The third-order valence-electron chi connectivity index (χ3n) is 6.41. The highest BCUT2D eigenvalue weighted by Gasteiger charge is 2.20. The van der Waals surface area contributed by atoms with Crippen LogP contribution in [0.3, 0.4) is 0 Å². The fourth-order valence-corrected chi connectivity index (χ4v) is 5.16. The molecule has 0 saturated carbocycles. The van der Waals surface area contributed by atoms with E-state index in [1.165, 1.54) is 4.31 Å². The van der Waals surface area contributed by atoms with Gasteiger partial charge in [-0.05, 0) is 31.2 Å². The van der Waals surface area contributed by atoms with E-state index in [1.54, 1.807) is 19.2 Å². The van der Waals surface area contributed by atoms with E-state index in [-0.39, 0.29) is 11.7 Å². The molecule has 3 heterocycles. The maximum atomic E-state index is 12.8. The minimum atomic E-state index is -3.44. The summed E-state index contributed by atoms with van der Waals surface area (Å²) in [6.45, 7) is 8.66. The number of para-hydroxylation sites is 1. The zero-order valence-electron chi connectivity index (χ0n) is 21.0. The molecule has 1 aliphatic heterocycles. The molecule has 0 aliphatic carbocycles. The Balaban J connectivity index is 1.51. The SMILES string of the molecule is CC(C)c1cc2c(CNCCS(=O)(=O)N(C)c3ccccc3)nc(N3CCN(C)CC3)nc2cn1. The monoisotopic (exact) mass is 497 g/mol. The fourth-order valence-electron chi connectivity index (χ4n) is 4.04. The van der Waals surface area contributed by atoms with Crippen LogP contribution < -0.4 is 14.5 Å². The van der Waals surface area contributed by atoms with E-state index in [0.717, 1.165) is 48.5 Å². The quantitative estimate of drug-likeness (QED) is 0.451. The number of hydrogen-bond donors (Lipinski definition) is 1. The minimum absolute atomic E-state index is 0.00841. The number of benzene rings is 1. The molecule has 2 aromatic heterocycles. The van der Waals surface area contributed by atoms with Crippen molar-refractivity contribution in [1.82, 2.24) is 25.2 Å². The topological polar surface area (TPSA) is 94.6 Å². The summed E-state index contributed by atoms with van der Waals surface area (Å²) in [6.07, 6.45) is 1.83. The molecular formula is C25H35N7O2S. The van der Waals surface area contributed by atoms with Crippen LogP contribution in [0.4, 0.5) is 11.6 Å². The minimum Gasteiger partial charge on any atom is -0.338 e. The number of rotatable bonds is 9. The van der Waals surface area contributed by atoms with Gasteiger partial charge in [0.05, 0.1) is 28.8 Å². The summed E-state index contributed by atoms with van der Waals surface area (Å²) in [5, 5.41) is 4.26. The van der Waals surface area contributed by atoms with Crippen molar-refractivity contribution >= 4 is 32.6 Å². The molecule has 4 rings (SSSR count).